The second-order valence-electron chi connectivity index (χ2n) is 8.93. The zero-order valence-corrected chi connectivity index (χ0v) is 17.7. The first kappa shape index (κ1) is 26.0. The molecule has 4 nitrogen and oxygen atoms in total. The van der Waals surface area contributed by atoms with E-state index in [1.165, 1.54) is 44.9 Å². The van der Waals surface area contributed by atoms with E-state index in [1.807, 2.05) is 27.7 Å². The highest BCUT2D eigenvalue weighted by atomic mass is 16.5. The molecule has 0 aromatic heterocycles. The van der Waals surface area contributed by atoms with Crippen LogP contribution in [-0.4, -0.2) is 25.2 Å². The molecule has 29 heavy (non-hydrogen) atoms. The van der Waals surface area contributed by atoms with Crippen LogP contribution in [0.1, 0.15) is 93.9 Å². The highest BCUT2D eigenvalue weighted by Gasteiger charge is 2.56. The fraction of sp³-hybridized carbons (Fsp3) is 0.920. The van der Waals surface area contributed by atoms with E-state index in [4.69, 9.17) is 9.47 Å². The second-order valence-corrected chi connectivity index (χ2v) is 8.93. The lowest BCUT2D eigenvalue weighted by atomic mass is 9.73. The average Bonchev–Trinajstić information content (AvgIpc) is 3.50. The number of esters is 2. The summed E-state index contributed by atoms with van der Waals surface area (Å²) in [4.78, 5) is 22.3. The van der Waals surface area contributed by atoms with Gasteiger partial charge >= 0.3 is 11.9 Å². The van der Waals surface area contributed by atoms with Gasteiger partial charge in [-0.2, -0.15) is 0 Å². The molecule has 7 unspecified atom stereocenters. The molecule has 6 rings (SSSR count). The molecule has 170 valence electrons. The van der Waals surface area contributed by atoms with E-state index in [9.17, 15) is 9.59 Å². The smallest absolute Gasteiger partial charge is 0.309 e. The lowest BCUT2D eigenvalue weighted by Crippen LogP contribution is -2.27. The Morgan fingerprint density at radius 1 is 0.862 bits per heavy atom. The molecule has 4 heteroatoms. The maximum atomic E-state index is 11.2. The van der Waals surface area contributed by atoms with Crippen LogP contribution in [0.4, 0.5) is 0 Å². The maximum absolute atomic E-state index is 11.2. The number of ether oxygens (including phenoxy) is 2. The van der Waals surface area contributed by atoms with Crippen LogP contribution in [0.2, 0.25) is 0 Å². The molecular formula is C25H46O4. The second kappa shape index (κ2) is 10.8. The topological polar surface area (TPSA) is 52.6 Å². The lowest BCUT2D eigenvalue weighted by Gasteiger charge is -2.30. The van der Waals surface area contributed by atoms with Gasteiger partial charge in [0.25, 0.3) is 0 Å². The summed E-state index contributed by atoms with van der Waals surface area (Å²) in [6, 6.07) is 0. The Kier molecular flexibility index (Phi) is 9.69. The molecule has 4 saturated carbocycles. The van der Waals surface area contributed by atoms with Gasteiger partial charge < -0.3 is 9.47 Å². The first-order valence-electron chi connectivity index (χ1n) is 11.5. The van der Waals surface area contributed by atoms with Crippen LogP contribution in [-0.2, 0) is 19.1 Å². The van der Waals surface area contributed by atoms with Gasteiger partial charge in [-0.25, -0.2) is 0 Å². The molecule has 7 atom stereocenters. The van der Waals surface area contributed by atoms with E-state index >= 15 is 0 Å². The van der Waals surface area contributed by atoms with Crippen molar-refractivity contribution in [3.05, 3.63) is 0 Å². The standard InChI is InChI=1S/C10H14O2.C9H12O2.2C2H6.2CH4/c11-9-5-10(6-12-9)4-7-1-2-8(10)3-7;10-9-8-6-2-1-5(3-6)7(8)4-11-9;2*1-2;;/h7-8H,1-6H2;5-8H,1-4H2;2*1-2H3;2*1H4. The van der Waals surface area contributed by atoms with Gasteiger partial charge in [0.15, 0.2) is 0 Å². The Labute approximate surface area is 179 Å². The molecule has 2 heterocycles. The summed E-state index contributed by atoms with van der Waals surface area (Å²) in [5.41, 5.74) is 0.306. The highest BCUT2D eigenvalue weighted by molar-refractivity contribution is 5.76. The fourth-order valence-corrected chi connectivity index (χ4v) is 6.86. The Morgan fingerprint density at radius 2 is 1.55 bits per heavy atom. The number of hydrogen-bond acceptors (Lipinski definition) is 4. The molecule has 6 fully saturated rings. The predicted molar refractivity (Wildman–Crippen MR) is 118 cm³/mol. The quantitative estimate of drug-likeness (QED) is 0.442. The van der Waals surface area contributed by atoms with Crippen molar-refractivity contribution < 1.29 is 19.1 Å². The van der Waals surface area contributed by atoms with Gasteiger partial charge in [-0.1, -0.05) is 49.0 Å². The molecule has 4 aliphatic carbocycles. The van der Waals surface area contributed by atoms with Crippen LogP contribution < -0.4 is 0 Å². The Morgan fingerprint density at radius 3 is 2.07 bits per heavy atom. The molecule has 4 bridgehead atoms. The third-order valence-corrected chi connectivity index (χ3v) is 7.90. The van der Waals surface area contributed by atoms with Crippen molar-refractivity contribution in [2.24, 2.45) is 40.9 Å². The van der Waals surface area contributed by atoms with Gasteiger partial charge in [0.1, 0.15) is 0 Å². The maximum Gasteiger partial charge on any atom is 0.309 e. The van der Waals surface area contributed by atoms with Crippen molar-refractivity contribution >= 4 is 11.9 Å². The van der Waals surface area contributed by atoms with Crippen LogP contribution in [0.15, 0.2) is 0 Å². The SMILES string of the molecule is C.C.CC.CC.O=C1CC2(CO1)CC1CCC2C1.O=C1OCC2C3CCC(C3)C12. The van der Waals surface area contributed by atoms with E-state index in [-0.39, 0.29) is 26.8 Å². The molecule has 2 aliphatic heterocycles. The minimum atomic E-state index is 0. The van der Waals surface area contributed by atoms with Gasteiger partial charge in [0, 0.05) is 11.3 Å². The molecule has 0 aromatic carbocycles. The molecule has 0 aromatic rings. The van der Waals surface area contributed by atoms with Gasteiger partial charge in [-0.3, -0.25) is 9.59 Å². The van der Waals surface area contributed by atoms with E-state index in [0.717, 1.165) is 31.0 Å². The Bertz CT molecular complexity index is 545. The molecule has 0 N–H and O–H groups in total. The van der Waals surface area contributed by atoms with Crippen LogP contribution in [0.25, 0.3) is 0 Å². The minimum absolute atomic E-state index is 0. The van der Waals surface area contributed by atoms with E-state index < -0.39 is 0 Å². The van der Waals surface area contributed by atoms with E-state index in [1.54, 1.807) is 0 Å². The van der Waals surface area contributed by atoms with Crippen molar-refractivity contribution in [2.45, 2.75) is 93.9 Å². The van der Waals surface area contributed by atoms with Gasteiger partial charge in [0.05, 0.1) is 25.6 Å². The fourth-order valence-electron chi connectivity index (χ4n) is 6.86. The summed E-state index contributed by atoms with van der Waals surface area (Å²) in [5.74, 6) is 4.33. The summed E-state index contributed by atoms with van der Waals surface area (Å²) >= 11 is 0. The molecule has 0 radical (unpaired) electrons. The third-order valence-electron chi connectivity index (χ3n) is 7.90. The summed E-state index contributed by atoms with van der Waals surface area (Å²) in [5, 5.41) is 0. The number of carbonyl (C=O) groups is 2. The molecule has 1 spiro atoms. The number of cyclic esters (lactones) is 2. The summed E-state index contributed by atoms with van der Waals surface area (Å²) in [7, 11) is 0. The third kappa shape index (κ3) is 4.66. The van der Waals surface area contributed by atoms with E-state index in [2.05, 4.69) is 0 Å². The molecule has 2 saturated heterocycles. The first-order chi connectivity index (χ1) is 13.1. The number of carbonyl (C=O) groups excluding carboxylic acids is 2. The van der Waals surface area contributed by atoms with Gasteiger partial charge in [0.2, 0.25) is 0 Å². The van der Waals surface area contributed by atoms with Gasteiger partial charge in [-0.15, -0.1) is 0 Å². The summed E-state index contributed by atoms with van der Waals surface area (Å²) in [6.45, 7) is 9.46. The summed E-state index contributed by atoms with van der Waals surface area (Å²) in [6.07, 6.45) is 10.0. The monoisotopic (exact) mass is 410 g/mol. The van der Waals surface area contributed by atoms with Gasteiger partial charge in [-0.05, 0) is 62.2 Å². The van der Waals surface area contributed by atoms with Crippen LogP contribution in [0.3, 0.4) is 0 Å². The minimum Gasteiger partial charge on any atom is -0.465 e. The largest absolute Gasteiger partial charge is 0.465 e. The van der Waals surface area contributed by atoms with Crippen LogP contribution in [0, 0.1) is 40.9 Å². The predicted octanol–water partition coefficient (Wildman–Crippen LogP) is 6.27. The highest BCUT2D eigenvalue weighted by Crippen LogP contribution is 2.59. The summed E-state index contributed by atoms with van der Waals surface area (Å²) < 4.78 is 10.2. The van der Waals surface area contributed by atoms with E-state index in [0.29, 0.717) is 29.6 Å². The number of fused-ring (bicyclic) bond motifs is 8. The van der Waals surface area contributed by atoms with Crippen LogP contribution >= 0.6 is 0 Å². The first-order valence-corrected chi connectivity index (χ1v) is 11.5. The van der Waals surface area contributed by atoms with Crippen molar-refractivity contribution in [3.63, 3.8) is 0 Å². The zero-order chi connectivity index (χ0) is 19.6. The Hall–Kier alpha value is -1.06. The zero-order valence-electron chi connectivity index (χ0n) is 17.7. The molecule has 6 aliphatic rings. The van der Waals surface area contributed by atoms with Crippen molar-refractivity contribution in [1.82, 2.24) is 0 Å². The molecular weight excluding hydrogens is 364 g/mol. The van der Waals surface area contributed by atoms with Crippen molar-refractivity contribution in [1.29, 1.82) is 0 Å². The lowest BCUT2D eigenvalue weighted by molar-refractivity contribution is -0.142. The average molecular weight is 411 g/mol. The normalized spacial score (nSPS) is 41.4. The number of rotatable bonds is 0. The van der Waals surface area contributed by atoms with Crippen molar-refractivity contribution in [3.8, 4) is 0 Å². The number of hydrogen-bond donors (Lipinski definition) is 0. The Balaban J connectivity index is 0.000000235. The van der Waals surface area contributed by atoms with Crippen molar-refractivity contribution in [2.75, 3.05) is 13.2 Å². The molecule has 0 amide bonds. The van der Waals surface area contributed by atoms with Crippen LogP contribution in [0.5, 0.6) is 0 Å².